The van der Waals surface area contributed by atoms with E-state index in [1.54, 1.807) is 23.1 Å². The van der Waals surface area contributed by atoms with Gasteiger partial charge in [0.1, 0.15) is 17.5 Å². The predicted molar refractivity (Wildman–Crippen MR) is 97.3 cm³/mol. The minimum absolute atomic E-state index is 0.632. The molecule has 1 aliphatic rings. The van der Waals surface area contributed by atoms with Crippen LogP contribution in [0.4, 0.5) is 11.6 Å². The van der Waals surface area contributed by atoms with E-state index in [1.807, 2.05) is 31.3 Å². The fourth-order valence-corrected chi connectivity index (χ4v) is 3.05. The van der Waals surface area contributed by atoms with Gasteiger partial charge in [-0.15, -0.1) is 0 Å². The van der Waals surface area contributed by atoms with Gasteiger partial charge in [0, 0.05) is 50.8 Å². The average molecular weight is 346 g/mol. The Hall–Kier alpha value is -3.47. The van der Waals surface area contributed by atoms with Gasteiger partial charge in [0.25, 0.3) is 0 Å². The highest BCUT2D eigenvalue weighted by atomic mass is 15.3. The maximum atomic E-state index is 9.06. The van der Waals surface area contributed by atoms with Crippen molar-refractivity contribution in [1.29, 1.82) is 5.26 Å². The van der Waals surface area contributed by atoms with E-state index in [0.29, 0.717) is 5.56 Å². The molecule has 0 aromatic carbocycles. The third-order valence-electron chi connectivity index (χ3n) is 4.35. The molecule has 0 atom stereocenters. The van der Waals surface area contributed by atoms with Crippen molar-refractivity contribution < 1.29 is 0 Å². The Balaban J connectivity index is 1.50. The standard InChI is InChI=1S/C18H18N8/c1-14-22-17(12-18(23-14)26-6-2-4-21-26)25-9-7-24(8-10-25)16-11-15(13-19)3-5-20-16/h2-6,11-12H,7-10H2,1H3. The van der Waals surface area contributed by atoms with Gasteiger partial charge in [0.2, 0.25) is 0 Å². The van der Waals surface area contributed by atoms with Crippen molar-refractivity contribution in [3.8, 4) is 11.9 Å². The van der Waals surface area contributed by atoms with E-state index in [2.05, 4.69) is 35.9 Å². The van der Waals surface area contributed by atoms with Crippen molar-refractivity contribution in [3.05, 3.63) is 54.2 Å². The Bertz CT molecular complexity index is 936. The first-order chi connectivity index (χ1) is 12.7. The lowest BCUT2D eigenvalue weighted by Gasteiger charge is -2.36. The maximum Gasteiger partial charge on any atom is 0.159 e. The number of hydrogen-bond donors (Lipinski definition) is 0. The molecule has 3 aromatic heterocycles. The van der Waals surface area contributed by atoms with Gasteiger partial charge < -0.3 is 9.80 Å². The minimum atomic E-state index is 0.632. The second kappa shape index (κ2) is 6.80. The summed E-state index contributed by atoms with van der Waals surface area (Å²) in [5.74, 6) is 3.24. The number of hydrogen-bond acceptors (Lipinski definition) is 7. The topological polar surface area (TPSA) is 86.8 Å². The molecule has 8 heteroatoms. The lowest BCUT2D eigenvalue weighted by Crippen LogP contribution is -2.47. The van der Waals surface area contributed by atoms with Gasteiger partial charge in [-0.05, 0) is 25.1 Å². The second-order valence-corrected chi connectivity index (χ2v) is 6.07. The largest absolute Gasteiger partial charge is 0.353 e. The number of anilines is 2. The van der Waals surface area contributed by atoms with E-state index in [0.717, 1.165) is 49.5 Å². The molecule has 4 heterocycles. The Labute approximate surface area is 151 Å². The SMILES string of the molecule is Cc1nc(N2CCN(c3cc(C#N)ccn3)CC2)cc(-n2cccn2)n1. The highest BCUT2D eigenvalue weighted by Gasteiger charge is 2.20. The Morgan fingerprint density at radius 3 is 2.38 bits per heavy atom. The van der Waals surface area contributed by atoms with Crippen LogP contribution in [0.1, 0.15) is 11.4 Å². The van der Waals surface area contributed by atoms with E-state index >= 15 is 0 Å². The van der Waals surface area contributed by atoms with E-state index in [-0.39, 0.29) is 0 Å². The summed E-state index contributed by atoms with van der Waals surface area (Å²) in [5.41, 5.74) is 0.632. The van der Waals surface area contributed by atoms with E-state index in [4.69, 9.17) is 5.26 Å². The predicted octanol–water partition coefficient (Wildman–Crippen LogP) is 1.56. The van der Waals surface area contributed by atoms with E-state index in [9.17, 15) is 0 Å². The fraction of sp³-hybridized carbons (Fsp3) is 0.278. The zero-order valence-electron chi connectivity index (χ0n) is 14.4. The highest BCUT2D eigenvalue weighted by molar-refractivity contribution is 5.49. The van der Waals surface area contributed by atoms with Gasteiger partial charge in [-0.2, -0.15) is 10.4 Å². The first kappa shape index (κ1) is 16.0. The molecular weight excluding hydrogens is 328 g/mol. The number of piperazine rings is 1. The molecule has 1 aliphatic heterocycles. The molecule has 130 valence electrons. The van der Waals surface area contributed by atoms with Crippen molar-refractivity contribution in [2.45, 2.75) is 6.92 Å². The summed E-state index contributed by atoms with van der Waals surface area (Å²) in [5, 5.41) is 13.3. The van der Waals surface area contributed by atoms with Crippen LogP contribution >= 0.6 is 0 Å². The van der Waals surface area contributed by atoms with Crippen molar-refractivity contribution >= 4 is 11.6 Å². The molecule has 0 N–H and O–H groups in total. The number of rotatable bonds is 3. The van der Waals surface area contributed by atoms with Crippen LogP contribution in [0.2, 0.25) is 0 Å². The molecule has 26 heavy (non-hydrogen) atoms. The summed E-state index contributed by atoms with van der Waals surface area (Å²) in [6.45, 7) is 5.19. The zero-order valence-corrected chi connectivity index (χ0v) is 14.4. The molecule has 0 spiro atoms. The second-order valence-electron chi connectivity index (χ2n) is 6.07. The lowest BCUT2D eigenvalue weighted by atomic mass is 10.2. The van der Waals surface area contributed by atoms with Crippen molar-refractivity contribution in [3.63, 3.8) is 0 Å². The van der Waals surface area contributed by atoms with Crippen LogP contribution in [0.3, 0.4) is 0 Å². The zero-order chi connectivity index (χ0) is 17.9. The molecule has 1 saturated heterocycles. The average Bonchev–Trinajstić information content (AvgIpc) is 3.23. The number of nitrogens with zero attached hydrogens (tertiary/aromatic N) is 8. The molecule has 0 unspecified atom stereocenters. The number of aromatic nitrogens is 5. The summed E-state index contributed by atoms with van der Waals surface area (Å²) < 4.78 is 1.74. The van der Waals surface area contributed by atoms with Crippen LogP contribution in [0.25, 0.3) is 5.82 Å². The van der Waals surface area contributed by atoms with Crippen LogP contribution in [0.15, 0.2) is 42.9 Å². The van der Waals surface area contributed by atoms with Crippen molar-refractivity contribution in [2.24, 2.45) is 0 Å². The Kier molecular flexibility index (Phi) is 4.19. The van der Waals surface area contributed by atoms with Gasteiger partial charge in [-0.25, -0.2) is 19.6 Å². The summed E-state index contributed by atoms with van der Waals surface area (Å²) in [6, 6.07) is 9.56. The van der Waals surface area contributed by atoms with Crippen LogP contribution in [0, 0.1) is 18.3 Å². The first-order valence-corrected chi connectivity index (χ1v) is 8.45. The quantitative estimate of drug-likeness (QED) is 0.711. The summed E-state index contributed by atoms with van der Waals surface area (Å²) >= 11 is 0. The monoisotopic (exact) mass is 346 g/mol. The van der Waals surface area contributed by atoms with Gasteiger partial charge >= 0.3 is 0 Å². The summed E-state index contributed by atoms with van der Waals surface area (Å²) in [4.78, 5) is 17.9. The normalized spacial score (nSPS) is 14.3. The maximum absolute atomic E-state index is 9.06. The molecule has 0 aliphatic carbocycles. The first-order valence-electron chi connectivity index (χ1n) is 8.45. The molecule has 4 rings (SSSR count). The Morgan fingerprint density at radius 1 is 0.962 bits per heavy atom. The molecule has 0 radical (unpaired) electrons. The number of nitriles is 1. The van der Waals surface area contributed by atoms with Crippen molar-refractivity contribution in [1.82, 2.24) is 24.7 Å². The Morgan fingerprint density at radius 2 is 1.69 bits per heavy atom. The van der Waals surface area contributed by atoms with E-state index < -0.39 is 0 Å². The van der Waals surface area contributed by atoms with Crippen LogP contribution in [-0.4, -0.2) is 50.9 Å². The number of pyridine rings is 1. The third kappa shape index (κ3) is 3.19. The molecule has 1 fully saturated rings. The van der Waals surface area contributed by atoms with Gasteiger partial charge in [0.05, 0.1) is 11.6 Å². The highest BCUT2D eigenvalue weighted by Crippen LogP contribution is 2.20. The van der Waals surface area contributed by atoms with Crippen LogP contribution in [-0.2, 0) is 0 Å². The smallest absolute Gasteiger partial charge is 0.159 e. The van der Waals surface area contributed by atoms with E-state index in [1.165, 1.54) is 0 Å². The molecular formula is C18H18N8. The molecule has 0 amide bonds. The van der Waals surface area contributed by atoms with Crippen LogP contribution < -0.4 is 9.80 Å². The molecule has 8 nitrogen and oxygen atoms in total. The summed E-state index contributed by atoms with van der Waals surface area (Å²) in [6.07, 6.45) is 5.29. The molecule has 3 aromatic rings. The summed E-state index contributed by atoms with van der Waals surface area (Å²) in [7, 11) is 0. The molecule has 0 bridgehead atoms. The lowest BCUT2D eigenvalue weighted by molar-refractivity contribution is 0.639. The minimum Gasteiger partial charge on any atom is -0.353 e. The number of aryl methyl sites for hydroxylation is 1. The van der Waals surface area contributed by atoms with Gasteiger partial charge in [-0.3, -0.25) is 0 Å². The van der Waals surface area contributed by atoms with Crippen molar-refractivity contribution in [2.75, 3.05) is 36.0 Å². The van der Waals surface area contributed by atoms with Crippen LogP contribution in [0.5, 0.6) is 0 Å². The fourth-order valence-electron chi connectivity index (χ4n) is 3.05. The third-order valence-corrected chi connectivity index (χ3v) is 4.35. The van der Waals surface area contributed by atoms with Gasteiger partial charge in [-0.1, -0.05) is 0 Å². The molecule has 0 saturated carbocycles. The van der Waals surface area contributed by atoms with Gasteiger partial charge in [0.15, 0.2) is 5.82 Å².